The van der Waals surface area contributed by atoms with Gasteiger partial charge in [0.15, 0.2) is 0 Å². The number of anilines is 1. The van der Waals surface area contributed by atoms with Crippen molar-refractivity contribution in [3.05, 3.63) is 59.2 Å². The Hall–Kier alpha value is -2.49. The zero-order chi connectivity index (χ0) is 15.5. The number of amides is 1. The maximum atomic E-state index is 12.5. The molecule has 0 fully saturated rings. The molecule has 22 heavy (non-hydrogen) atoms. The van der Waals surface area contributed by atoms with Crippen LogP contribution in [0.5, 0.6) is 5.75 Å². The SMILES string of the molecule is COc1ccc(CC(=O)N2CCc3ccc(N)cc3C2)cc1. The van der Waals surface area contributed by atoms with Gasteiger partial charge in [0.25, 0.3) is 0 Å². The summed E-state index contributed by atoms with van der Waals surface area (Å²) in [5.74, 6) is 0.955. The highest BCUT2D eigenvalue weighted by atomic mass is 16.5. The summed E-state index contributed by atoms with van der Waals surface area (Å²) in [5.41, 5.74) is 10.1. The molecular formula is C18H20N2O2. The average Bonchev–Trinajstić information content (AvgIpc) is 2.54. The minimum Gasteiger partial charge on any atom is -0.497 e. The van der Waals surface area contributed by atoms with Gasteiger partial charge in [0, 0.05) is 18.8 Å². The molecule has 0 radical (unpaired) electrons. The number of ether oxygens (including phenoxy) is 1. The van der Waals surface area contributed by atoms with Gasteiger partial charge in [-0.2, -0.15) is 0 Å². The third kappa shape index (κ3) is 3.06. The van der Waals surface area contributed by atoms with Crippen molar-refractivity contribution in [2.24, 2.45) is 0 Å². The van der Waals surface area contributed by atoms with Crippen molar-refractivity contribution in [3.63, 3.8) is 0 Å². The second-order valence-electron chi connectivity index (χ2n) is 5.62. The fraction of sp³-hybridized carbons (Fsp3) is 0.278. The topological polar surface area (TPSA) is 55.6 Å². The first-order chi connectivity index (χ1) is 10.7. The molecule has 0 unspecified atom stereocenters. The number of nitrogen functional groups attached to an aromatic ring is 1. The van der Waals surface area contributed by atoms with E-state index in [0.717, 1.165) is 35.5 Å². The lowest BCUT2D eigenvalue weighted by molar-refractivity contribution is -0.131. The summed E-state index contributed by atoms with van der Waals surface area (Å²) in [6.45, 7) is 1.42. The molecule has 1 aliphatic rings. The number of methoxy groups -OCH3 is 1. The highest BCUT2D eigenvalue weighted by molar-refractivity contribution is 5.79. The van der Waals surface area contributed by atoms with Crippen LogP contribution in [0.4, 0.5) is 5.69 Å². The molecule has 0 atom stereocenters. The molecule has 1 heterocycles. The minimum atomic E-state index is 0.151. The van der Waals surface area contributed by atoms with Crippen LogP contribution in [0.25, 0.3) is 0 Å². The standard InChI is InChI=1S/C18H20N2O2/c1-22-17-6-2-13(3-7-17)10-18(21)20-9-8-14-4-5-16(19)11-15(14)12-20/h2-7,11H,8-10,12,19H2,1H3. The Kier molecular flexibility index (Phi) is 4.00. The zero-order valence-corrected chi connectivity index (χ0v) is 12.7. The highest BCUT2D eigenvalue weighted by Crippen LogP contribution is 2.22. The maximum Gasteiger partial charge on any atom is 0.227 e. The van der Waals surface area contributed by atoms with Crippen molar-refractivity contribution in [2.75, 3.05) is 19.4 Å². The molecule has 2 N–H and O–H groups in total. The predicted molar refractivity (Wildman–Crippen MR) is 86.7 cm³/mol. The van der Waals surface area contributed by atoms with Crippen molar-refractivity contribution in [3.8, 4) is 5.75 Å². The van der Waals surface area contributed by atoms with Crippen LogP contribution < -0.4 is 10.5 Å². The number of nitrogens with zero attached hydrogens (tertiary/aromatic N) is 1. The van der Waals surface area contributed by atoms with Gasteiger partial charge in [0.1, 0.15) is 5.75 Å². The number of carbonyl (C=O) groups is 1. The number of hydrogen-bond acceptors (Lipinski definition) is 3. The van der Waals surface area contributed by atoms with Crippen molar-refractivity contribution in [2.45, 2.75) is 19.4 Å². The van der Waals surface area contributed by atoms with Crippen molar-refractivity contribution in [1.29, 1.82) is 0 Å². The van der Waals surface area contributed by atoms with Crippen LogP contribution in [-0.4, -0.2) is 24.5 Å². The molecule has 4 heteroatoms. The van der Waals surface area contributed by atoms with Crippen LogP contribution in [-0.2, 0) is 24.2 Å². The van der Waals surface area contributed by atoms with E-state index in [-0.39, 0.29) is 5.91 Å². The van der Waals surface area contributed by atoms with E-state index >= 15 is 0 Å². The molecule has 2 aromatic rings. The van der Waals surface area contributed by atoms with Crippen molar-refractivity contribution >= 4 is 11.6 Å². The summed E-state index contributed by atoms with van der Waals surface area (Å²) in [7, 11) is 1.64. The number of benzene rings is 2. The molecule has 2 aromatic carbocycles. The van der Waals surface area contributed by atoms with Crippen LogP contribution >= 0.6 is 0 Å². The van der Waals surface area contributed by atoms with E-state index in [4.69, 9.17) is 10.5 Å². The second kappa shape index (κ2) is 6.10. The largest absolute Gasteiger partial charge is 0.497 e. The monoisotopic (exact) mass is 296 g/mol. The lowest BCUT2D eigenvalue weighted by Crippen LogP contribution is -2.36. The normalized spacial score (nSPS) is 13.6. The van der Waals surface area contributed by atoms with Gasteiger partial charge in [0.2, 0.25) is 5.91 Å². The Bertz CT molecular complexity index is 680. The van der Waals surface area contributed by atoms with Gasteiger partial charge >= 0.3 is 0 Å². The summed E-state index contributed by atoms with van der Waals surface area (Å²) in [6, 6.07) is 13.6. The van der Waals surface area contributed by atoms with Crippen molar-refractivity contribution in [1.82, 2.24) is 4.90 Å². The molecule has 1 amide bonds. The van der Waals surface area contributed by atoms with E-state index < -0.39 is 0 Å². The van der Waals surface area contributed by atoms with E-state index in [9.17, 15) is 4.79 Å². The van der Waals surface area contributed by atoms with Gasteiger partial charge in [-0.1, -0.05) is 18.2 Å². The lowest BCUT2D eigenvalue weighted by Gasteiger charge is -2.29. The van der Waals surface area contributed by atoms with E-state index in [0.29, 0.717) is 13.0 Å². The third-order valence-corrected chi connectivity index (χ3v) is 4.11. The first-order valence-electron chi connectivity index (χ1n) is 7.43. The molecule has 0 aliphatic carbocycles. The Morgan fingerprint density at radius 1 is 1.18 bits per heavy atom. The van der Waals surface area contributed by atoms with E-state index in [2.05, 4.69) is 6.07 Å². The first-order valence-corrected chi connectivity index (χ1v) is 7.43. The summed E-state index contributed by atoms with van der Waals surface area (Å²) >= 11 is 0. The predicted octanol–water partition coefficient (Wildman–Crippen LogP) is 2.40. The van der Waals surface area contributed by atoms with Crippen LogP contribution in [0.2, 0.25) is 0 Å². The Balaban J connectivity index is 1.68. The van der Waals surface area contributed by atoms with Gasteiger partial charge < -0.3 is 15.4 Å². The lowest BCUT2D eigenvalue weighted by atomic mass is 9.98. The molecule has 3 rings (SSSR count). The van der Waals surface area contributed by atoms with Gasteiger partial charge in [0.05, 0.1) is 13.5 Å². The summed E-state index contributed by atoms with van der Waals surface area (Å²) in [6.07, 6.45) is 1.31. The molecule has 1 aliphatic heterocycles. The quantitative estimate of drug-likeness (QED) is 0.885. The number of fused-ring (bicyclic) bond motifs is 1. The fourth-order valence-corrected chi connectivity index (χ4v) is 2.82. The second-order valence-corrected chi connectivity index (χ2v) is 5.62. The highest BCUT2D eigenvalue weighted by Gasteiger charge is 2.20. The molecule has 0 aromatic heterocycles. The van der Waals surface area contributed by atoms with Crippen molar-refractivity contribution < 1.29 is 9.53 Å². The fourth-order valence-electron chi connectivity index (χ4n) is 2.82. The summed E-state index contributed by atoms with van der Waals surface area (Å²) in [5, 5.41) is 0. The molecular weight excluding hydrogens is 276 g/mol. The average molecular weight is 296 g/mol. The first kappa shape index (κ1) is 14.4. The maximum absolute atomic E-state index is 12.5. The van der Waals surface area contributed by atoms with Gasteiger partial charge in [-0.05, 0) is 47.4 Å². The van der Waals surface area contributed by atoms with Crippen LogP contribution in [0.15, 0.2) is 42.5 Å². The van der Waals surface area contributed by atoms with E-state index in [1.54, 1.807) is 7.11 Å². The molecule has 0 saturated heterocycles. The van der Waals surface area contributed by atoms with Crippen LogP contribution in [0, 0.1) is 0 Å². The number of rotatable bonds is 3. The van der Waals surface area contributed by atoms with Gasteiger partial charge in [-0.15, -0.1) is 0 Å². The molecule has 0 saturated carbocycles. The number of carbonyl (C=O) groups excluding carboxylic acids is 1. The van der Waals surface area contributed by atoms with Gasteiger partial charge in [-0.25, -0.2) is 0 Å². The van der Waals surface area contributed by atoms with Gasteiger partial charge in [-0.3, -0.25) is 4.79 Å². The third-order valence-electron chi connectivity index (χ3n) is 4.11. The molecule has 0 spiro atoms. The Morgan fingerprint density at radius 2 is 1.95 bits per heavy atom. The summed E-state index contributed by atoms with van der Waals surface area (Å²) < 4.78 is 5.13. The Morgan fingerprint density at radius 3 is 2.68 bits per heavy atom. The molecule has 4 nitrogen and oxygen atoms in total. The Labute approximate surface area is 130 Å². The molecule has 0 bridgehead atoms. The molecule has 114 valence electrons. The number of nitrogens with two attached hydrogens (primary N) is 1. The zero-order valence-electron chi connectivity index (χ0n) is 12.7. The van der Waals surface area contributed by atoms with Crippen LogP contribution in [0.3, 0.4) is 0 Å². The van der Waals surface area contributed by atoms with E-state index in [1.165, 1.54) is 5.56 Å². The minimum absolute atomic E-state index is 0.151. The summed E-state index contributed by atoms with van der Waals surface area (Å²) in [4.78, 5) is 14.4. The van der Waals surface area contributed by atoms with E-state index in [1.807, 2.05) is 41.3 Å². The van der Waals surface area contributed by atoms with Crippen LogP contribution in [0.1, 0.15) is 16.7 Å². The smallest absolute Gasteiger partial charge is 0.227 e. The number of hydrogen-bond donors (Lipinski definition) is 1.